The number of anilines is 1. The number of hydrogen-bond donors (Lipinski definition) is 1. The molecule has 0 bridgehead atoms. The Kier molecular flexibility index (Phi) is 10.6. The summed E-state index contributed by atoms with van der Waals surface area (Å²) < 4.78 is 32.1. The number of nitrogens with one attached hydrogen (secondary N) is 1. The summed E-state index contributed by atoms with van der Waals surface area (Å²) in [6.07, 6.45) is 1.37. The van der Waals surface area contributed by atoms with Crippen LogP contribution in [0.1, 0.15) is 38.3 Å². The van der Waals surface area contributed by atoms with Gasteiger partial charge in [0.15, 0.2) is 0 Å². The lowest BCUT2D eigenvalue weighted by atomic mass is 10.1. The van der Waals surface area contributed by atoms with Crippen LogP contribution in [-0.4, -0.2) is 57.6 Å². The highest BCUT2D eigenvalue weighted by molar-refractivity contribution is 7.92. The third-order valence-corrected chi connectivity index (χ3v) is 7.15. The molecule has 0 aliphatic heterocycles. The summed E-state index contributed by atoms with van der Waals surface area (Å²) in [7, 11) is -2.44. The quantitative estimate of drug-likeness (QED) is 0.441. The van der Waals surface area contributed by atoms with Crippen LogP contribution in [0.4, 0.5) is 5.69 Å². The molecule has 0 aromatic heterocycles. The van der Waals surface area contributed by atoms with Crippen molar-refractivity contribution in [2.75, 3.05) is 30.8 Å². The number of halogens is 1. The van der Waals surface area contributed by atoms with Gasteiger partial charge in [-0.1, -0.05) is 56.6 Å². The number of sulfonamides is 1. The third-order valence-electron chi connectivity index (χ3n) is 5.65. The standard InChI is InChI=1S/C26H36ClN3O5S/c1-7-22(26(32)28-15-18(2)3)29(16-20-10-8-9-11-21(20)27)25(31)17-30(36(6,33)34)23-14-19(4)12-13-24(23)35-5/h8-14,18,22H,7,15-17H2,1-6H3,(H,28,32)/t22-/m1/s1. The number of benzene rings is 2. The third kappa shape index (κ3) is 7.86. The summed E-state index contributed by atoms with van der Waals surface area (Å²) in [6, 6.07) is 11.3. The fourth-order valence-electron chi connectivity index (χ4n) is 3.74. The van der Waals surface area contributed by atoms with Gasteiger partial charge in [-0.05, 0) is 48.6 Å². The fraction of sp³-hybridized carbons (Fsp3) is 0.462. The van der Waals surface area contributed by atoms with Gasteiger partial charge in [-0.15, -0.1) is 0 Å². The monoisotopic (exact) mass is 537 g/mol. The van der Waals surface area contributed by atoms with Crippen LogP contribution >= 0.6 is 11.6 Å². The van der Waals surface area contributed by atoms with Gasteiger partial charge in [-0.25, -0.2) is 8.42 Å². The molecule has 0 fully saturated rings. The molecule has 1 atom stereocenters. The van der Waals surface area contributed by atoms with Crippen LogP contribution in [-0.2, 0) is 26.2 Å². The van der Waals surface area contributed by atoms with Gasteiger partial charge in [0.1, 0.15) is 18.3 Å². The maximum atomic E-state index is 13.8. The summed E-state index contributed by atoms with van der Waals surface area (Å²) in [5, 5.41) is 3.34. The zero-order chi connectivity index (χ0) is 27.0. The number of carbonyl (C=O) groups is 2. The van der Waals surface area contributed by atoms with E-state index in [1.807, 2.05) is 27.7 Å². The fourth-order valence-corrected chi connectivity index (χ4v) is 4.78. The smallest absolute Gasteiger partial charge is 0.244 e. The minimum Gasteiger partial charge on any atom is -0.495 e. The van der Waals surface area contributed by atoms with E-state index >= 15 is 0 Å². The first-order valence-corrected chi connectivity index (χ1v) is 14.0. The Bertz CT molecular complexity index is 1170. The highest BCUT2D eigenvalue weighted by Crippen LogP contribution is 2.31. The van der Waals surface area contributed by atoms with Crippen molar-refractivity contribution in [3.8, 4) is 5.75 Å². The molecule has 8 nitrogen and oxygen atoms in total. The first kappa shape index (κ1) is 29.5. The number of ether oxygens (including phenoxy) is 1. The van der Waals surface area contributed by atoms with Crippen molar-refractivity contribution in [1.82, 2.24) is 10.2 Å². The van der Waals surface area contributed by atoms with Crippen LogP contribution in [0.3, 0.4) is 0 Å². The summed E-state index contributed by atoms with van der Waals surface area (Å²) >= 11 is 6.37. The van der Waals surface area contributed by atoms with Gasteiger partial charge < -0.3 is 15.0 Å². The van der Waals surface area contributed by atoms with E-state index in [4.69, 9.17) is 16.3 Å². The normalized spacial score (nSPS) is 12.2. The van der Waals surface area contributed by atoms with Gasteiger partial charge in [0, 0.05) is 18.1 Å². The molecule has 0 spiro atoms. The molecule has 2 aromatic rings. The molecule has 198 valence electrons. The molecule has 2 aromatic carbocycles. The van der Waals surface area contributed by atoms with Crippen molar-refractivity contribution in [3.63, 3.8) is 0 Å². The second kappa shape index (κ2) is 13.0. The van der Waals surface area contributed by atoms with E-state index in [2.05, 4.69) is 5.32 Å². The van der Waals surface area contributed by atoms with Crippen LogP contribution < -0.4 is 14.4 Å². The van der Waals surface area contributed by atoms with Crippen LogP contribution in [0.15, 0.2) is 42.5 Å². The zero-order valence-corrected chi connectivity index (χ0v) is 23.3. The number of carbonyl (C=O) groups excluding carboxylic acids is 2. The zero-order valence-electron chi connectivity index (χ0n) is 21.7. The largest absolute Gasteiger partial charge is 0.495 e. The molecule has 0 saturated heterocycles. The van der Waals surface area contributed by atoms with Gasteiger partial charge in [-0.2, -0.15) is 0 Å². The van der Waals surface area contributed by atoms with E-state index < -0.39 is 28.5 Å². The number of amides is 2. The van der Waals surface area contributed by atoms with Crippen molar-refractivity contribution in [2.45, 2.75) is 46.7 Å². The van der Waals surface area contributed by atoms with Crippen LogP contribution in [0, 0.1) is 12.8 Å². The van der Waals surface area contributed by atoms with Gasteiger partial charge in [0.05, 0.1) is 19.1 Å². The highest BCUT2D eigenvalue weighted by Gasteiger charge is 2.33. The Morgan fingerprint density at radius 2 is 1.81 bits per heavy atom. The molecular weight excluding hydrogens is 502 g/mol. The summed E-state index contributed by atoms with van der Waals surface area (Å²) in [5.74, 6) is -0.284. The van der Waals surface area contributed by atoms with Crippen LogP contribution in [0.5, 0.6) is 5.75 Å². The van der Waals surface area contributed by atoms with Gasteiger partial charge in [0.2, 0.25) is 21.8 Å². The lowest BCUT2D eigenvalue weighted by Crippen LogP contribution is -2.52. The molecule has 0 heterocycles. The maximum Gasteiger partial charge on any atom is 0.244 e. The number of rotatable bonds is 12. The molecule has 0 unspecified atom stereocenters. The Labute approximate surface area is 219 Å². The number of hydrogen-bond acceptors (Lipinski definition) is 5. The predicted molar refractivity (Wildman–Crippen MR) is 144 cm³/mol. The minimum atomic E-state index is -3.87. The average Bonchev–Trinajstić information content (AvgIpc) is 2.81. The highest BCUT2D eigenvalue weighted by atomic mass is 35.5. The second-order valence-corrected chi connectivity index (χ2v) is 11.4. The average molecular weight is 538 g/mol. The van der Waals surface area contributed by atoms with E-state index in [0.717, 1.165) is 16.1 Å². The Morgan fingerprint density at radius 3 is 2.36 bits per heavy atom. The van der Waals surface area contributed by atoms with Gasteiger partial charge in [0.25, 0.3) is 0 Å². The van der Waals surface area contributed by atoms with E-state index in [1.54, 1.807) is 42.5 Å². The summed E-state index contributed by atoms with van der Waals surface area (Å²) in [4.78, 5) is 28.3. The minimum absolute atomic E-state index is 0.0503. The molecule has 0 aliphatic rings. The summed E-state index contributed by atoms with van der Waals surface area (Å²) in [5.41, 5.74) is 1.71. The van der Waals surface area contributed by atoms with E-state index in [9.17, 15) is 18.0 Å². The molecular formula is C26H36ClN3O5S. The van der Waals surface area contributed by atoms with Crippen LogP contribution in [0.25, 0.3) is 0 Å². The SMILES string of the molecule is CC[C@H](C(=O)NCC(C)C)N(Cc1ccccc1Cl)C(=O)CN(c1cc(C)ccc1OC)S(C)(=O)=O. The predicted octanol–water partition coefficient (Wildman–Crippen LogP) is 4.00. The molecule has 2 rings (SSSR count). The van der Waals surface area contributed by atoms with Crippen molar-refractivity contribution in [1.29, 1.82) is 0 Å². The molecule has 0 radical (unpaired) electrons. The lowest BCUT2D eigenvalue weighted by Gasteiger charge is -2.33. The van der Waals surface area contributed by atoms with Crippen molar-refractivity contribution in [3.05, 3.63) is 58.6 Å². The number of nitrogens with zero attached hydrogens (tertiary/aromatic N) is 2. The molecule has 2 amide bonds. The molecule has 10 heteroatoms. The van der Waals surface area contributed by atoms with Crippen molar-refractivity contribution < 1.29 is 22.7 Å². The Morgan fingerprint density at radius 1 is 1.14 bits per heavy atom. The molecule has 36 heavy (non-hydrogen) atoms. The molecule has 0 saturated carbocycles. The summed E-state index contributed by atoms with van der Waals surface area (Å²) in [6.45, 7) is 7.59. The van der Waals surface area contributed by atoms with Gasteiger partial charge >= 0.3 is 0 Å². The Hall–Kier alpha value is -2.78. The van der Waals surface area contributed by atoms with Crippen molar-refractivity contribution in [2.24, 2.45) is 5.92 Å². The van der Waals surface area contributed by atoms with Gasteiger partial charge in [-0.3, -0.25) is 13.9 Å². The number of methoxy groups -OCH3 is 1. The molecule has 0 aliphatic carbocycles. The first-order chi connectivity index (χ1) is 16.9. The van der Waals surface area contributed by atoms with Crippen molar-refractivity contribution >= 4 is 39.1 Å². The first-order valence-electron chi connectivity index (χ1n) is 11.8. The van der Waals surface area contributed by atoms with E-state index in [1.165, 1.54) is 12.0 Å². The number of aryl methyl sites for hydroxylation is 1. The second-order valence-electron chi connectivity index (χ2n) is 9.12. The lowest BCUT2D eigenvalue weighted by molar-refractivity contribution is -0.140. The maximum absolute atomic E-state index is 13.8. The Balaban J connectivity index is 2.51. The van der Waals surface area contributed by atoms with E-state index in [0.29, 0.717) is 29.3 Å². The topological polar surface area (TPSA) is 96.0 Å². The molecule has 1 N–H and O–H groups in total. The van der Waals surface area contributed by atoms with Crippen LogP contribution in [0.2, 0.25) is 5.02 Å². The van der Waals surface area contributed by atoms with E-state index in [-0.39, 0.29) is 24.1 Å².